The molecular formula is C36H49N5O7. The van der Waals surface area contributed by atoms with E-state index in [0.29, 0.717) is 23.2 Å². The number of phenols is 2. The molecule has 0 aliphatic heterocycles. The minimum Gasteiger partial charge on any atom is -0.508 e. The van der Waals surface area contributed by atoms with Crippen molar-refractivity contribution in [2.24, 2.45) is 0 Å². The Hall–Kier alpha value is -4.87. The van der Waals surface area contributed by atoms with Crippen molar-refractivity contribution in [2.45, 2.75) is 102 Å². The molecule has 0 aliphatic rings. The summed E-state index contributed by atoms with van der Waals surface area (Å²) in [5, 5.41) is 27.7. The van der Waals surface area contributed by atoms with Crippen LogP contribution in [-0.2, 0) is 43.2 Å². The van der Waals surface area contributed by atoms with E-state index in [1.807, 2.05) is 0 Å². The second-order valence-corrected chi connectivity index (χ2v) is 12.0. The van der Waals surface area contributed by atoms with Crippen LogP contribution in [0.4, 0.5) is 0 Å². The van der Waals surface area contributed by atoms with Gasteiger partial charge in [0.15, 0.2) is 0 Å². The summed E-state index contributed by atoms with van der Waals surface area (Å²) in [4.78, 5) is 60.1. The Kier molecular flexibility index (Phi) is 16.0. The van der Waals surface area contributed by atoms with Gasteiger partial charge in [0.1, 0.15) is 29.6 Å². The first-order valence-electron chi connectivity index (χ1n) is 16.7. The molecule has 0 fully saturated rings. The zero-order chi connectivity index (χ0) is 34.7. The summed E-state index contributed by atoms with van der Waals surface area (Å²) in [6.45, 7) is 2.18. The Morgan fingerprint density at radius 2 is 1.21 bits per heavy atom. The Morgan fingerprint density at radius 1 is 0.708 bits per heavy atom. The summed E-state index contributed by atoms with van der Waals surface area (Å²) in [6.07, 6.45) is 12.2. The van der Waals surface area contributed by atoms with Crippen molar-refractivity contribution in [2.75, 3.05) is 7.11 Å². The lowest BCUT2D eigenvalue weighted by Gasteiger charge is -2.25. The smallest absolute Gasteiger partial charge is 0.328 e. The molecule has 0 saturated heterocycles. The first kappa shape index (κ1) is 37.6. The molecule has 0 aliphatic carbocycles. The van der Waals surface area contributed by atoms with E-state index in [1.165, 1.54) is 69.6 Å². The summed E-state index contributed by atoms with van der Waals surface area (Å²) in [5.74, 6) is -2.04. The zero-order valence-electron chi connectivity index (χ0n) is 27.9. The fourth-order valence-corrected chi connectivity index (χ4v) is 5.34. The molecular weight excluding hydrogens is 614 g/mol. The van der Waals surface area contributed by atoms with Crippen molar-refractivity contribution in [1.29, 1.82) is 0 Å². The normalized spacial score (nSPS) is 12.8. The first-order chi connectivity index (χ1) is 23.2. The number of rotatable bonds is 21. The summed E-state index contributed by atoms with van der Waals surface area (Å²) in [6, 6.07) is 9.32. The number of aromatic amines is 1. The Labute approximate surface area is 282 Å². The van der Waals surface area contributed by atoms with Crippen molar-refractivity contribution in [1.82, 2.24) is 25.9 Å². The van der Waals surface area contributed by atoms with Crippen LogP contribution in [0, 0.1) is 0 Å². The fourth-order valence-electron chi connectivity index (χ4n) is 5.34. The number of imidazole rings is 1. The maximum absolute atomic E-state index is 13.8. The maximum atomic E-state index is 13.8. The van der Waals surface area contributed by atoms with Crippen molar-refractivity contribution in [3.05, 3.63) is 77.9 Å². The highest BCUT2D eigenvalue weighted by Crippen LogP contribution is 2.15. The third-order valence-corrected chi connectivity index (χ3v) is 8.08. The number of carbonyl (C=O) groups excluding carboxylic acids is 4. The van der Waals surface area contributed by atoms with Gasteiger partial charge in [0, 0.05) is 37.6 Å². The van der Waals surface area contributed by atoms with E-state index >= 15 is 0 Å². The average molecular weight is 664 g/mol. The van der Waals surface area contributed by atoms with E-state index in [0.717, 1.165) is 19.3 Å². The molecule has 2 aromatic carbocycles. The van der Waals surface area contributed by atoms with Crippen molar-refractivity contribution >= 4 is 23.7 Å². The van der Waals surface area contributed by atoms with Crippen LogP contribution in [0.2, 0.25) is 0 Å². The van der Waals surface area contributed by atoms with Crippen LogP contribution in [0.25, 0.3) is 0 Å². The minimum atomic E-state index is -1.14. The molecule has 12 heteroatoms. The van der Waals surface area contributed by atoms with Gasteiger partial charge in [-0.05, 0) is 41.8 Å². The number of hydrogen-bond donors (Lipinski definition) is 6. The molecule has 0 bridgehead atoms. The topological polar surface area (TPSA) is 183 Å². The third-order valence-electron chi connectivity index (χ3n) is 8.08. The van der Waals surface area contributed by atoms with Crippen LogP contribution in [0.1, 0.15) is 81.5 Å². The van der Waals surface area contributed by atoms with Crippen LogP contribution in [-0.4, -0.2) is 69.1 Å². The maximum Gasteiger partial charge on any atom is 0.328 e. The van der Waals surface area contributed by atoms with Crippen molar-refractivity contribution in [3.8, 4) is 11.5 Å². The highest BCUT2D eigenvalue weighted by molar-refractivity contribution is 5.94. The molecule has 3 aromatic rings. The van der Waals surface area contributed by atoms with Crippen LogP contribution < -0.4 is 16.0 Å². The summed E-state index contributed by atoms with van der Waals surface area (Å²) < 4.78 is 4.93. The quantitative estimate of drug-likeness (QED) is 0.0730. The van der Waals surface area contributed by atoms with E-state index in [-0.39, 0.29) is 43.1 Å². The molecule has 3 amide bonds. The first-order valence-corrected chi connectivity index (χ1v) is 16.7. The molecule has 1 heterocycles. The number of esters is 1. The number of phenolic OH excluding ortho intramolecular Hbond substituents is 2. The van der Waals surface area contributed by atoms with Crippen LogP contribution in [0.3, 0.4) is 0 Å². The van der Waals surface area contributed by atoms with Gasteiger partial charge in [0.05, 0.1) is 13.4 Å². The largest absolute Gasteiger partial charge is 0.508 e. The summed E-state index contributed by atoms with van der Waals surface area (Å²) >= 11 is 0. The second kappa shape index (κ2) is 20.4. The predicted molar refractivity (Wildman–Crippen MR) is 181 cm³/mol. The van der Waals surface area contributed by atoms with Gasteiger partial charge in [-0.25, -0.2) is 9.78 Å². The standard InChI is InChI=1S/C36H49N5O7/c1-3-4-5-6-7-8-9-10-11-33(44)39-30(20-25-12-16-28(42)17-13-25)34(45)40-31(22-27-23-37-24-38-27)35(46)41-32(36(47)48-2)21-26-14-18-29(43)19-15-26/h12-19,23-24,30-32,42-43H,3-11,20-22H2,1-2H3,(H,37,38)(H,39,44)(H,40,45)(H,41,46)/t30-,31-,32-/m0/s1. The van der Waals surface area contributed by atoms with E-state index < -0.39 is 35.9 Å². The number of aromatic nitrogens is 2. The number of nitrogens with zero attached hydrogens (tertiary/aromatic N) is 1. The molecule has 3 rings (SSSR count). The van der Waals surface area contributed by atoms with E-state index in [1.54, 1.807) is 24.3 Å². The van der Waals surface area contributed by atoms with Crippen LogP contribution in [0.5, 0.6) is 11.5 Å². The molecule has 0 radical (unpaired) electrons. The Balaban J connectivity index is 1.72. The molecule has 0 saturated carbocycles. The zero-order valence-corrected chi connectivity index (χ0v) is 27.9. The lowest BCUT2D eigenvalue weighted by Crippen LogP contribution is -2.57. The van der Waals surface area contributed by atoms with E-state index in [9.17, 15) is 29.4 Å². The van der Waals surface area contributed by atoms with Crippen LogP contribution >= 0.6 is 0 Å². The number of carbonyl (C=O) groups is 4. The van der Waals surface area contributed by atoms with Gasteiger partial charge in [0.2, 0.25) is 17.7 Å². The summed E-state index contributed by atoms with van der Waals surface area (Å²) in [7, 11) is 1.21. The number of hydrogen-bond acceptors (Lipinski definition) is 8. The Morgan fingerprint density at radius 3 is 1.73 bits per heavy atom. The molecule has 6 N–H and O–H groups in total. The highest BCUT2D eigenvalue weighted by Gasteiger charge is 2.31. The lowest BCUT2D eigenvalue weighted by molar-refractivity contribution is -0.145. The third kappa shape index (κ3) is 13.5. The SMILES string of the molecule is CCCCCCCCCCC(=O)N[C@@H](Cc1ccc(O)cc1)C(=O)N[C@@H](Cc1cnc[nH]1)C(=O)N[C@@H](Cc1ccc(O)cc1)C(=O)OC. The molecule has 12 nitrogen and oxygen atoms in total. The predicted octanol–water partition coefficient (Wildman–Crippen LogP) is 4.01. The molecule has 0 unspecified atom stereocenters. The minimum absolute atomic E-state index is 0.0306. The van der Waals surface area contributed by atoms with Crippen molar-refractivity contribution < 1.29 is 34.1 Å². The number of benzene rings is 2. The number of H-pyrrole nitrogens is 1. The Bertz CT molecular complexity index is 1410. The van der Waals surface area contributed by atoms with Gasteiger partial charge >= 0.3 is 5.97 Å². The highest BCUT2D eigenvalue weighted by atomic mass is 16.5. The van der Waals surface area contributed by atoms with E-state index in [4.69, 9.17) is 4.74 Å². The van der Waals surface area contributed by atoms with Gasteiger partial charge in [0.25, 0.3) is 0 Å². The van der Waals surface area contributed by atoms with Gasteiger partial charge in [-0.2, -0.15) is 0 Å². The number of nitrogens with one attached hydrogen (secondary N) is 4. The van der Waals surface area contributed by atoms with Gasteiger partial charge in [-0.15, -0.1) is 0 Å². The number of ether oxygens (including phenoxy) is 1. The molecule has 260 valence electrons. The van der Waals surface area contributed by atoms with E-state index in [2.05, 4.69) is 32.8 Å². The van der Waals surface area contributed by atoms with Gasteiger partial charge in [-0.3, -0.25) is 14.4 Å². The fraction of sp³-hybridized carbons (Fsp3) is 0.472. The number of unbranched alkanes of at least 4 members (excludes halogenated alkanes) is 7. The number of amides is 3. The molecule has 48 heavy (non-hydrogen) atoms. The second-order valence-electron chi connectivity index (χ2n) is 12.0. The number of methoxy groups -OCH3 is 1. The average Bonchev–Trinajstić information content (AvgIpc) is 3.59. The van der Waals surface area contributed by atoms with Crippen molar-refractivity contribution in [3.63, 3.8) is 0 Å². The monoisotopic (exact) mass is 663 g/mol. The van der Waals surface area contributed by atoms with Gasteiger partial charge in [-0.1, -0.05) is 76.1 Å². The summed E-state index contributed by atoms with van der Waals surface area (Å²) in [5.41, 5.74) is 1.94. The molecule has 0 spiro atoms. The van der Waals surface area contributed by atoms with Crippen LogP contribution in [0.15, 0.2) is 61.1 Å². The molecule has 3 atom stereocenters. The lowest BCUT2D eigenvalue weighted by atomic mass is 10.0. The van der Waals surface area contributed by atoms with Gasteiger partial charge < -0.3 is 35.9 Å². The number of aromatic hydroxyl groups is 2. The molecule has 1 aromatic heterocycles.